The van der Waals surface area contributed by atoms with Crippen molar-refractivity contribution in [1.82, 2.24) is 19.6 Å². The maximum atomic E-state index is 11.5. The molecular weight excluding hydrogens is 200 g/mol. The number of hydrogen-bond donors (Lipinski definition) is 1. The first-order valence-corrected chi connectivity index (χ1v) is 4.96. The summed E-state index contributed by atoms with van der Waals surface area (Å²) in [5.41, 5.74) is 0.387. The maximum Gasteiger partial charge on any atom is 0.349 e. The summed E-state index contributed by atoms with van der Waals surface area (Å²) in [6, 6.07) is 1.93. The van der Waals surface area contributed by atoms with Crippen molar-refractivity contribution in [2.24, 2.45) is 0 Å². The van der Waals surface area contributed by atoms with Gasteiger partial charge in [-0.05, 0) is 18.4 Å². The highest BCUT2D eigenvalue weighted by atomic mass is 32.1. The van der Waals surface area contributed by atoms with Crippen LogP contribution in [-0.4, -0.2) is 19.6 Å². The third kappa shape index (κ3) is 0.856. The van der Waals surface area contributed by atoms with E-state index in [0.717, 1.165) is 10.2 Å². The lowest BCUT2D eigenvalue weighted by Crippen LogP contribution is -2.16. The Balaban J connectivity index is 2.73. The van der Waals surface area contributed by atoms with E-state index in [0.29, 0.717) is 11.5 Å². The average molecular weight is 206 g/mol. The van der Waals surface area contributed by atoms with Crippen molar-refractivity contribution in [3.63, 3.8) is 0 Å². The highest BCUT2D eigenvalue weighted by Crippen LogP contribution is 2.19. The predicted molar refractivity (Wildman–Crippen MR) is 53.7 cm³/mol. The van der Waals surface area contributed by atoms with Crippen LogP contribution >= 0.6 is 11.3 Å². The van der Waals surface area contributed by atoms with Crippen LogP contribution in [0.3, 0.4) is 0 Å². The second-order valence-corrected chi connectivity index (χ2v) is 3.90. The second-order valence-electron chi connectivity index (χ2n) is 2.99. The van der Waals surface area contributed by atoms with Crippen molar-refractivity contribution in [2.45, 2.75) is 6.92 Å². The molecule has 0 amide bonds. The van der Waals surface area contributed by atoms with Crippen molar-refractivity contribution in [3.8, 4) is 0 Å². The molecule has 0 aromatic carbocycles. The highest BCUT2D eigenvalue weighted by molar-refractivity contribution is 7.16. The molecule has 1 N–H and O–H groups in total. The number of aromatic amines is 1. The van der Waals surface area contributed by atoms with Gasteiger partial charge < -0.3 is 0 Å². The Morgan fingerprint density at radius 1 is 1.57 bits per heavy atom. The van der Waals surface area contributed by atoms with Gasteiger partial charge in [-0.3, -0.25) is 4.98 Å². The van der Waals surface area contributed by atoms with Gasteiger partial charge in [0.15, 0.2) is 5.65 Å². The van der Waals surface area contributed by atoms with Gasteiger partial charge in [-0.2, -0.15) is 4.52 Å². The Morgan fingerprint density at radius 3 is 3.29 bits per heavy atom. The summed E-state index contributed by atoms with van der Waals surface area (Å²) in [5, 5.41) is 6.87. The van der Waals surface area contributed by atoms with Crippen LogP contribution in [0.2, 0.25) is 0 Å². The number of H-pyrrole nitrogens is 1. The average Bonchev–Trinajstić information content (AvgIpc) is 2.69. The van der Waals surface area contributed by atoms with Gasteiger partial charge in [0, 0.05) is 0 Å². The Kier molecular flexibility index (Phi) is 1.33. The third-order valence-electron chi connectivity index (χ3n) is 2.03. The van der Waals surface area contributed by atoms with Gasteiger partial charge in [-0.1, -0.05) is 0 Å². The SMILES string of the molecule is Cc1nc2c3ccsc3[nH]c(=O)n2n1. The van der Waals surface area contributed by atoms with Crippen LogP contribution in [0.1, 0.15) is 5.82 Å². The minimum Gasteiger partial charge on any atom is -0.297 e. The molecule has 0 aliphatic heterocycles. The highest BCUT2D eigenvalue weighted by Gasteiger charge is 2.08. The van der Waals surface area contributed by atoms with E-state index in [1.54, 1.807) is 6.92 Å². The molecule has 0 aliphatic rings. The monoisotopic (exact) mass is 206 g/mol. The van der Waals surface area contributed by atoms with Crippen LogP contribution in [0, 0.1) is 6.92 Å². The molecule has 0 atom stereocenters. The fraction of sp³-hybridized carbons (Fsp3) is 0.125. The molecule has 6 heteroatoms. The number of aryl methyl sites for hydroxylation is 1. The van der Waals surface area contributed by atoms with E-state index in [9.17, 15) is 4.79 Å². The van der Waals surface area contributed by atoms with Crippen LogP contribution in [0.15, 0.2) is 16.2 Å². The summed E-state index contributed by atoms with van der Waals surface area (Å²) in [6.07, 6.45) is 0. The molecule has 3 aromatic rings. The number of aromatic nitrogens is 4. The lowest BCUT2D eigenvalue weighted by atomic mass is 10.4. The summed E-state index contributed by atoms with van der Waals surface area (Å²) in [4.78, 5) is 19.3. The molecule has 14 heavy (non-hydrogen) atoms. The lowest BCUT2D eigenvalue weighted by molar-refractivity contribution is 0.865. The Labute approximate surface area is 82.0 Å². The van der Waals surface area contributed by atoms with Gasteiger partial charge in [0.2, 0.25) is 0 Å². The van der Waals surface area contributed by atoms with Gasteiger partial charge in [-0.15, -0.1) is 16.4 Å². The summed E-state index contributed by atoms with van der Waals surface area (Å²) in [7, 11) is 0. The summed E-state index contributed by atoms with van der Waals surface area (Å²) >= 11 is 1.49. The van der Waals surface area contributed by atoms with Crippen molar-refractivity contribution in [2.75, 3.05) is 0 Å². The summed E-state index contributed by atoms with van der Waals surface area (Å²) in [5.74, 6) is 0.606. The molecule has 0 fully saturated rings. The van der Waals surface area contributed by atoms with Crippen LogP contribution in [0.5, 0.6) is 0 Å². The second kappa shape index (κ2) is 2.42. The fourth-order valence-electron chi connectivity index (χ4n) is 1.46. The molecule has 70 valence electrons. The molecule has 0 bridgehead atoms. The van der Waals surface area contributed by atoms with Crippen molar-refractivity contribution >= 4 is 27.2 Å². The standard InChI is InChI=1S/C8H6N4OS/c1-4-9-6-5-2-3-14-7(5)10-8(13)12(6)11-4/h2-3H,1H3,(H,10,13). The first-order valence-electron chi connectivity index (χ1n) is 4.08. The number of thiophene rings is 1. The zero-order valence-corrected chi connectivity index (χ0v) is 8.13. The maximum absolute atomic E-state index is 11.5. The fourth-order valence-corrected chi connectivity index (χ4v) is 2.24. The smallest absolute Gasteiger partial charge is 0.297 e. The predicted octanol–water partition coefficient (Wildman–Crippen LogP) is 0.941. The molecule has 0 saturated carbocycles. The van der Waals surface area contributed by atoms with Gasteiger partial charge >= 0.3 is 5.69 Å². The quantitative estimate of drug-likeness (QED) is 0.595. The van der Waals surface area contributed by atoms with E-state index in [-0.39, 0.29) is 5.69 Å². The van der Waals surface area contributed by atoms with E-state index >= 15 is 0 Å². The number of rotatable bonds is 0. The minimum atomic E-state index is -0.240. The van der Waals surface area contributed by atoms with Crippen molar-refractivity contribution < 1.29 is 0 Å². The van der Waals surface area contributed by atoms with Crippen LogP contribution in [0.4, 0.5) is 0 Å². The Hall–Kier alpha value is -1.69. The number of nitrogens with one attached hydrogen (secondary N) is 1. The molecule has 0 aliphatic carbocycles. The molecule has 0 unspecified atom stereocenters. The topological polar surface area (TPSA) is 63.0 Å². The number of hydrogen-bond acceptors (Lipinski definition) is 4. The van der Waals surface area contributed by atoms with Crippen molar-refractivity contribution in [1.29, 1.82) is 0 Å². The van der Waals surface area contributed by atoms with Crippen molar-refractivity contribution in [3.05, 3.63) is 27.8 Å². The van der Waals surface area contributed by atoms with E-state index < -0.39 is 0 Å². The molecular formula is C8H6N4OS. The molecule has 0 spiro atoms. The minimum absolute atomic E-state index is 0.240. The number of nitrogens with zero attached hydrogens (tertiary/aromatic N) is 3. The summed E-state index contributed by atoms with van der Waals surface area (Å²) in [6.45, 7) is 1.77. The van der Waals surface area contributed by atoms with Gasteiger partial charge in [0.25, 0.3) is 0 Å². The van der Waals surface area contributed by atoms with Gasteiger partial charge in [0.05, 0.1) is 5.39 Å². The zero-order chi connectivity index (χ0) is 9.71. The third-order valence-corrected chi connectivity index (χ3v) is 2.86. The Bertz CT molecular complexity index is 677. The first kappa shape index (κ1) is 7.69. The van der Waals surface area contributed by atoms with Crippen LogP contribution < -0.4 is 5.69 Å². The van der Waals surface area contributed by atoms with E-state index in [1.165, 1.54) is 15.9 Å². The lowest BCUT2D eigenvalue weighted by Gasteiger charge is -1.91. The molecule has 0 saturated heterocycles. The molecule has 5 nitrogen and oxygen atoms in total. The normalized spacial score (nSPS) is 11.5. The first-order chi connectivity index (χ1) is 6.75. The van der Waals surface area contributed by atoms with Crippen LogP contribution in [0.25, 0.3) is 15.9 Å². The molecule has 0 radical (unpaired) electrons. The largest absolute Gasteiger partial charge is 0.349 e. The number of fused-ring (bicyclic) bond motifs is 3. The molecule has 3 heterocycles. The summed E-state index contributed by atoms with van der Waals surface area (Å²) < 4.78 is 1.30. The molecule has 3 rings (SSSR count). The van der Waals surface area contributed by atoms with E-state index in [2.05, 4.69) is 15.1 Å². The zero-order valence-electron chi connectivity index (χ0n) is 7.31. The van der Waals surface area contributed by atoms with E-state index in [1.807, 2.05) is 11.4 Å². The van der Waals surface area contributed by atoms with Gasteiger partial charge in [-0.25, -0.2) is 9.78 Å². The van der Waals surface area contributed by atoms with Gasteiger partial charge in [0.1, 0.15) is 10.7 Å². The van der Waals surface area contributed by atoms with E-state index in [4.69, 9.17) is 0 Å². The van der Waals surface area contributed by atoms with Crippen LogP contribution in [-0.2, 0) is 0 Å². The molecule has 3 aromatic heterocycles. The Morgan fingerprint density at radius 2 is 2.43 bits per heavy atom.